The van der Waals surface area contributed by atoms with E-state index >= 15 is 0 Å². The molecular formula is C15H23F2NO2. The van der Waals surface area contributed by atoms with Crippen molar-refractivity contribution in [1.29, 1.82) is 0 Å². The molecule has 0 radical (unpaired) electrons. The molecule has 0 saturated carbocycles. The molecule has 0 bridgehead atoms. The fourth-order valence-electron chi connectivity index (χ4n) is 1.98. The van der Waals surface area contributed by atoms with Crippen molar-refractivity contribution in [3.63, 3.8) is 0 Å². The second kappa shape index (κ2) is 9.00. The Morgan fingerprint density at radius 2 is 1.75 bits per heavy atom. The van der Waals surface area contributed by atoms with Gasteiger partial charge in [0.2, 0.25) is 0 Å². The molecule has 3 nitrogen and oxygen atoms in total. The van der Waals surface area contributed by atoms with Crippen LogP contribution in [0.3, 0.4) is 0 Å². The van der Waals surface area contributed by atoms with Gasteiger partial charge in [0.1, 0.15) is 11.6 Å². The van der Waals surface area contributed by atoms with Crippen LogP contribution in [-0.2, 0) is 9.47 Å². The smallest absolute Gasteiger partial charge is 0.176 e. The van der Waals surface area contributed by atoms with Gasteiger partial charge in [-0.25, -0.2) is 8.78 Å². The zero-order valence-electron chi connectivity index (χ0n) is 12.3. The van der Waals surface area contributed by atoms with Crippen molar-refractivity contribution in [2.75, 3.05) is 19.8 Å². The van der Waals surface area contributed by atoms with Gasteiger partial charge in [-0.05, 0) is 32.9 Å². The summed E-state index contributed by atoms with van der Waals surface area (Å²) in [7, 11) is 0. The fraction of sp³-hybridized carbons (Fsp3) is 0.600. The Kier molecular flexibility index (Phi) is 7.65. The van der Waals surface area contributed by atoms with Crippen LogP contribution < -0.4 is 5.32 Å². The average Bonchev–Trinajstić information content (AvgIpc) is 2.41. The van der Waals surface area contributed by atoms with Crippen molar-refractivity contribution in [3.8, 4) is 0 Å². The molecule has 1 unspecified atom stereocenters. The molecule has 0 amide bonds. The van der Waals surface area contributed by atoms with Crippen LogP contribution in [0.5, 0.6) is 0 Å². The lowest BCUT2D eigenvalue weighted by Gasteiger charge is -2.28. The largest absolute Gasteiger partial charge is 0.351 e. The van der Waals surface area contributed by atoms with Gasteiger partial charge in [0, 0.05) is 24.8 Å². The van der Waals surface area contributed by atoms with E-state index in [1.54, 1.807) is 0 Å². The summed E-state index contributed by atoms with van der Waals surface area (Å²) in [5.41, 5.74) is 0.353. The molecule has 0 aliphatic rings. The van der Waals surface area contributed by atoms with Gasteiger partial charge in [0.05, 0.1) is 6.04 Å². The van der Waals surface area contributed by atoms with E-state index in [1.807, 2.05) is 20.8 Å². The molecule has 1 rings (SSSR count). The van der Waals surface area contributed by atoms with Crippen molar-refractivity contribution < 1.29 is 18.3 Å². The first-order valence-corrected chi connectivity index (χ1v) is 7.05. The molecule has 1 atom stereocenters. The van der Waals surface area contributed by atoms with Crippen LogP contribution in [-0.4, -0.2) is 26.0 Å². The van der Waals surface area contributed by atoms with Crippen LogP contribution in [0.15, 0.2) is 18.2 Å². The second-order valence-electron chi connectivity index (χ2n) is 4.38. The summed E-state index contributed by atoms with van der Waals surface area (Å²) < 4.78 is 38.1. The van der Waals surface area contributed by atoms with E-state index in [0.29, 0.717) is 25.3 Å². The lowest BCUT2D eigenvalue weighted by atomic mass is 10.1. The van der Waals surface area contributed by atoms with Gasteiger partial charge in [-0.15, -0.1) is 0 Å². The molecule has 0 aromatic heterocycles. The zero-order chi connectivity index (χ0) is 15.0. The maximum Gasteiger partial charge on any atom is 0.176 e. The third-order valence-corrected chi connectivity index (χ3v) is 2.85. The van der Waals surface area contributed by atoms with Crippen LogP contribution in [0.2, 0.25) is 0 Å². The molecule has 0 aliphatic heterocycles. The first kappa shape index (κ1) is 17.0. The first-order valence-electron chi connectivity index (χ1n) is 7.05. The van der Waals surface area contributed by atoms with Crippen molar-refractivity contribution in [1.82, 2.24) is 5.32 Å². The van der Waals surface area contributed by atoms with E-state index in [2.05, 4.69) is 5.32 Å². The highest BCUT2D eigenvalue weighted by Gasteiger charge is 2.26. The Labute approximate surface area is 119 Å². The summed E-state index contributed by atoms with van der Waals surface area (Å²) in [6.07, 6.45) is 0.293. The van der Waals surface area contributed by atoms with E-state index in [4.69, 9.17) is 9.47 Å². The number of ether oxygens (including phenoxy) is 2. The topological polar surface area (TPSA) is 30.5 Å². The van der Waals surface area contributed by atoms with E-state index in [9.17, 15) is 8.78 Å². The molecule has 0 heterocycles. The van der Waals surface area contributed by atoms with E-state index in [1.165, 1.54) is 12.1 Å². The standard InChI is InChI=1S/C15H23F2NO2/c1-4-9-18-14(15(19-5-2)20-6-3)12-8-7-11(16)10-13(12)17/h7-8,10,14-15,18H,4-6,9H2,1-3H3. The van der Waals surface area contributed by atoms with Crippen LogP contribution >= 0.6 is 0 Å². The second-order valence-corrected chi connectivity index (χ2v) is 4.38. The molecule has 20 heavy (non-hydrogen) atoms. The molecule has 1 aromatic carbocycles. The van der Waals surface area contributed by atoms with Crippen molar-refractivity contribution in [2.24, 2.45) is 0 Å². The normalized spacial score (nSPS) is 12.9. The molecule has 1 aromatic rings. The highest BCUT2D eigenvalue weighted by molar-refractivity contribution is 5.23. The number of nitrogens with one attached hydrogen (secondary N) is 1. The maximum absolute atomic E-state index is 14.0. The number of benzene rings is 1. The van der Waals surface area contributed by atoms with Crippen LogP contribution in [0.4, 0.5) is 8.78 Å². The number of hydrogen-bond acceptors (Lipinski definition) is 3. The fourth-order valence-corrected chi connectivity index (χ4v) is 1.98. The zero-order valence-corrected chi connectivity index (χ0v) is 12.3. The molecule has 0 fully saturated rings. The summed E-state index contributed by atoms with van der Waals surface area (Å²) in [5, 5.41) is 3.20. The predicted octanol–water partition coefficient (Wildman–Crippen LogP) is 3.40. The number of halogens is 2. The van der Waals surface area contributed by atoms with Gasteiger partial charge in [-0.3, -0.25) is 0 Å². The Hall–Kier alpha value is -1.04. The minimum absolute atomic E-state index is 0.353. The van der Waals surface area contributed by atoms with E-state index in [-0.39, 0.29) is 0 Å². The van der Waals surface area contributed by atoms with Gasteiger partial charge >= 0.3 is 0 Å². The average molecular weight is 287 g/mol. The van der Waals surface area contributed by atoms with Crippen LogP contribution in [0.25, 0.3) is 0 Å². The third kappa shape index (κ3) is 4.81. The molecular weight excluding hydrogens is 264 g/mol. The Morgan fingerprint density at radius 3 is 2.25 bits per heavy atom. The summed E-state index contributed by atoms with van der Waals surface area (Å²) in [5.74, 6) is -1.19. The first-order chi connectivity index (χ1) is 9.63. The molecule has 0 saturated heterocycles. The maximum atomic E-state index is 14.0. The Bertz CT molecular complexity index is 395. The van der Waals surface area contributed by atoms with Gasteiger partial charge in [0.15, 0.2) is 6.29 Å². The molecule has 0 aliphatic carbocycles. The van der Waals surface area contributed by atoms with Gasteiger partial charge in [0.25, 0.3) is 0 Å². The molecule has 5 heteroatoms. The van der Waals surface area contributed by atoms with Crippen LogP contribution in [0, 0.1) is 11.6 Å². The Balaban J connectivity index is 3.01. The van der Waals surface area contributed by atoms with Crippen molar-refractivity contribution in [3.05, 3.63) is 35.4 Å². The Morgan fingerprint density at radius 1 is 1.10 bits per heavy atom. The SMILES string of the molecule is CCCNC(c1ccc(F)cc1F)C(OCC)OCC. The minimum Gasteiger partial charge on any atom is -0.351 e. The monoisotopic (exact) mass is 287 g/mol. The summed E-state index contributed by atoms with van der Waals surface area (Å²) in [6.45, 7) is 7.32. The van der Waals surface area contributed by atoms with Crippen LogP contribution in [0.1, 0.15) is 38.8 Å². The van der Waals surface area contributed by atoms with Crippen molar-refractivity contribution in [2.45, 2.75) is 39.5 Å². The summed E-state index contributed by atoms with van der Waals surface area (Å²) >= 11 is 0. The van der Waals surface area contributed by atoms with E-state index in [0.717, 1.165) is 12.5 Å². The summed E-state index contributed by atoms with van der Waals surface area (Å²) in [6, 6.07) is 3.09. The highest BCUT2D eigenvalue weighted by Crippen LogP contribution is 2.24. The molecule has 0 spiro atoms. The quantitative estimate of drug-likeness (QED) is 0.706. The minimum atomic E-state index is -0.600. The lowest BCUT2D eigenvalue weighted by Crippen LogP contribution is -2.37. The van der Waals surface area contributed by atoms with Gasteiger partial charge in [-0.2, -0.15) is 0 Å². The highest BCUT2D eigenvalue weighted by atomic mass is 19.1. The lowest BCUT2D eigenvalue weighted by molar-refractivity contribution is -0.155. The van der Waals surface area contributed by atoms with E-state index < -0.39 is 24.0 Å². The third-order valence-electron chi connectivity index (χ3n) is 2.85. The number of rotatable bonds is 9. The summed E-state index contributed by atoms with van der Waals surface area (Å²) in [4.78, 5) is 0. The van der Waals surface area contributed by atoms with Gasteiger partial charge < -0.3 is 14.8 Å². The van der Waals surface area contributed by atoms with Gasteiger partial charge in [-0.1, -0.05) is 13.0 Å². The number of hydrogen-bond donors (Lipinski definition) is 1. The molecule has 1 N–H and O–H groups in total. The van der Waals surface area contributed by atoms with Crippen molar-refractivity contribution >= 4 is 0 Å². The molecule has 114 valence electrons. The predicted molar refractivity (Wildman–Crippen MR) is 74.4 cm³/mol.